The lowest BCUT2D eigenvalue weighted by Crippen LogP contribution is -2.64. The summed E-state index contributed by atoms with van der Waals surface area (Å²) in [4.78, 5) is 46.7. The summed E-state index contributed by atoms with van der Waals surface area (Å²) in [5.74, 6) is 3.80. The number of carbonyl (C=O) groups is 3. The Morgan fingerprint density at radius 1 is 1.07 bits per heavy atom. The molecule has 0 spiro atoms. The van der Waals surface area contributed by atoms with E-state index >= 15 is 0 Å². The van der Waals surface area contributed by atoms with Gasteiger partial charge in [0.2, 0.25) is 12.7 Å². The lowest BCUT2D eigenvalue weighted by atomic mass is 9.98. The summed E-state index contributed by atoms with van der Waals surface area (Å²) in [6, 6.07) is 0. The SMILES string of the molecule is CO[C@@H]1O[C@H](COC(C)=[O+])[C@H](OC(C)=[O+])[C@H](O[P+]([O-])(O[NH3+])O[NH3+])[C@H]1OC(C)=O. The summed E-state index contributed by atoms with van der Waals surface area (Å²) in [6.45, 7) is 2.98. The van der Waals surface area contributed by atoms with Crippen molar-refractivity contribution in [2.75, 3.05) is 13.7 Å². The van der Waals surface area contributed by atoms with Crippen LogP contribution in [0.15, 0.2) is 0 Å². The first-order chi connectivity index (χ1) is 13.1. The molecule has 0 aromatic rings. The highest BCUT2D eigenvalue weighted by atomic mass is 31.2. The Labute approximate surface area is 160 Å². The van der Waals surface area contributed by atoms with Gasteiger partial charge in [-0.05, 0) is 0 Å². The largest absolute Gasteiger partial charge is 0.596 e. The van der Waals surface area contributed by atoms with Crippen molar-refractivity contribution in [1.29, 1.82) is 0 Å². The van der Waals surface area contributed by atoms with Crippen molar-refractivity contribution in [2.45, 2.75) is 51.5 Å². The van der Waals surface area contributed by atoms with Gasteiger partial charge in [-0.3, -0.25) is 4.79 Å². The van der Waals surface area contributed by atoms with Gasteiger partial charge in [0, 0.05) is 32.9 Å². The second kappa shape index (κ2) is 10.9. The van der Waals surface area contributed by atoms with Gasteiger partial charge >= 0.3 is 26.1 Å². The fraction of sp³-hybridized carbons (Fsp3) is 0.769. The summed E-state index contributed by atoms with van der Waals surface area (Å²) in [5, 5.41) is 0. The normalized spacial score (nSPS) is 27.8. The maximum Gasteiger partial charge on any atom is 0.571 e. The van der Waals surface area contributed by atoms with Gasteiger partial charge in [0.1, 0.15) is 0 Å². The summed E-state index contributed by atoms with van der Waals surface area (Å²) >= 11 is 0. The van der Waals surface area contributed by atoms with E-state index in [1.807, 2.05) is 0 Å². The second-order valence-electron chi connectivity index (χ2n) is 5.50. The van der Waals surface area contributed by atoms with E-state index in [0.717, 1.165) is 20.8 Å². The number of hydrogen-bond donors (Lipinski definition) is 2. The van der Waals surface area contributed by atoms with E-state index in [9.17, 15) is 19.3 Å². The van der Waals surface area contributed by atoms with Gasteiger partial charge < -0.3 is 28.6 Å². The molecule has 1 fully saturated rings. The molecular formula is C13H25N2O12P+4. The molecule has 1 aliphatic rings. The van der Waals surface area contributed by atoms with Crippen LogP contribution in [0.25, 0.3) is 0 Å². The average Bonchev–Trinajstić information content (AvgIpc) is 2.62. The van der Waals surface area contributed by atoms with Crippen molar-refractivity contribution in [3.8, 4) is 0 Å². The number of methoxy groups -OCH3 is 1. The molecule has 5 atom stereocenters. The van der Waals surface area contributed by atoms with E-state index in [4.69, 9.17) is 28.2 Å². The van der Waals surface area contributed by atoms with E-state index in [-0.39, 0.29) is 6.61 Å². The molecule has 0 aromatic carbocycles. The Morgan fingerprint density at radius 3 is 2.11 bits per heavy atom. The zero-order valence-corrected chi connectivity index (χ0v) is 16.7. The average molecular weight is 432 g/mol. The van der Waals surface area contributed by atoms with Crippen molar-refractivity contribution in [3.63, 3.8) is 0 Å². The Morgan fingerprint density at radius 2 is 1.68 bits per heavy atom. The van der Waals surface area contributed by atoms with Crippen LogP contribution in [0, 0.1) is 0 Å². The standard InChI is InChI=1S/C13H25N2O12P/c1-6(16)21-5-9-10(22-7(2)17)11(25-28(19,26-14)27-15)12(23-8(3)18)13(20-4)24-9/h9-13H,5H2,1-4,14-15H3/q+4/t9-,10+,11+,12-,13-/m1/s1. The molecule has 2 radical (unpaired) electrons. The third-order valence-corrected chi connectivity index (χ3v) is 4.58. The zero-order valence-electron chi connectivity index (χ0n) is 15.9. The Balaban J connectivity index is 3.32. The van der Waals surface area contributed by atoms with Crippen LogP contribution in [0.3, 0.4) is 0 Å². The topological polar surface area (TPSA) is 209 Å². The molecule has 0 aromatic heterocycles. The van der Waals surface area contributed by atoms with Crippen LogP contribution < -0.4 is 16.7 Å². The van der Waals surface area contributed by atoms with Crippen LogP contribution in [-0.4, -0.2) is 62.3 Å². The van der Waals surface area contributed by atoms with Crippen molar-refractivity contribution < 1.29 is 68.5 Å². The Kier molecular flexibility index (Phi) is 9.56. The molecule has 6 N–H and O–H groups in total. The Bertz CT molecular complexity index is 560. The molecule has 0 aliphatic carbocycles. The fourth-order valence-electron chi connectivity index (χ4n) is 2.42. The molecule has 0 amide bonds. The number of hydrogen-bond acceptors (Lipinski definition) is 12. The molecule has 0 unspecified atom stereocenters. The predicted molar refractivity (Wildman–Crippen MR) is 83.2 cm³/mol. The first-order valence-corrected chi connectivity index (χ1v) is 9.35. The van der Waals surface area contributed by atoms with E-state index in [1.54, 1.807) is 0 Å². The van der Waals surface area contributed by atoms with Crippen LogP contribution in [0.5, 0.6) is 0 Å². The molecule has 14 nitrogen and oxygen atoms in total. The molecule has 1 aliphatic heterocycles. The predicted octanol–water partition coefficient (Wildman–Crippen LogP) is -3.45. The molecule has 28 heavy (non-hydrogen) atoms. The number of rotatable bonds is 9. The summed E-state index contributed by atoms with van der Waals surface area (Å²) in [5.41, 5.74) is 0. The maximum atomic E-state index is 12.4. The van der Waals surface area contributed by atoms with E-state index in [2.05, 4.69) is 21.0 Å². The highest BCUT2D eigenvalue weighted by Gasteiger charge is 2.61. The van der Waals surface area contributed by atoms with Gasteiger partial charge in [-0.25, -0.2) is 0 Å². The molecular weight excluding hydrogens is 407 g/mol. The zero-order chi connectivity index (χ0) is 21.5. The van der Waals surface area contributed by atoms with Gasteiger partial charge in [-0.15, -0.1) is 0 Å². The quantitative estimate of drug-likeness (QED) is 0.120. The molecule has 160 valence electrons. The lowest BCUT2D eigenvalue weighted by Gasteiger charge is -2.40. The minimum atomic E-state index is -4.34. The molecule has 0 bridgehead atoms. The third kappa shape index (κ3) is 6.84. The van der Waals surface area contributed by atoms with Crippen LogP contribution in [0.2, 0.25) is 0 Å². The monoisotopic (exact) mass is 432 g/mol. The van der Waals surface area contributed by atoms with Crippen molar-refractivity contribution in [1.82, 2.24) is 0 Å². The number of quaternary nitrogens is 2. The van der Waals surface area contributed by atoms with Gasteiger partial charge in [0.15, 0.2) is 18.5 Å². The van der Waals surface area contributed by atoms with Crippen molar-refractivity contribution in [3.05, 3.63) is 0 Å². The fourth-order valence-corrected chi connectivity index (χ4v) is 3.15. The van der Waals surface area contributed by atoms with E-state index in [0.29, 0.717) is 0 Å². The van der Waals surface area contributed by atoms with Gasteiger partial charge in [0.05, 0.1) is 13.8 Å². The minimum Gasteiger partial charge on any atom is -0.596 e. The first kappa shape index (κ1) is 24.6. The molecule has 1 heterocycles. The third-order valence-electron chi connectivity index (χ3n) is 3.45. The molecule has 15 heteroatoms. The summed E-state index contributed by atoms with van der Waals surface area (Å²) in [7, 11) is -3.10. The number of phosphoric acid groups is 1. The molecule has 1 rings (SSSR count). The summed E-state index contributed by atoms with van der Waals surface area (Å²) in [6.07, 6.45) is -6.58. The second-order valence-corrected chi connectivity index (χ2v) is 7.13. The van der Waals surface area contributed by atoms with Gasteiger partial charge in [-0.1, -0.05) is 0 Å². The lowest BCUT2D eigenvalue weighted by molar-refractivity contribution is -0.703. The van der Waals surface area contributed by atoms with Gasteiger partial charge in [0.25, 0.3) is 6.10 Å². The highest BCUT2D eigenvalue weighted by Crippen LogP contribution is 2.52. The Hall–Kier alpha value is -1.48. The number of ether oxygens (including phenoxy) is 5. The van der Waals surface area contributed by atoms with Crippen molar-refractivity contribution >= 4 is 26.1 Å². The van der Waals surface area contributed by atoms with Crippen LogP contribution >= 0.6 is 8.17 Å². The first-order valence-electron chi connectivity index (χ1n) is 7.89. The highest BCUT2D eigenvalue weighted by molar-refractivity contribution is 7.53. The molecule has 1 saturated heterocycles. The van der Waals surface area contributed by atoms with Crippen LogP contribution in [0.4, 0.5) is 0 Å². The van der Waals surface area contributed by atoms with E-state index in [1.165, 1.54) is 7.11 Å². The molecule has 0 saturated carbocycles. The maximum absolute atomic E-state index is 12.4. The number of esters is 3. The van der Waals surface area contributed by atoms with Crippen molar-refractivity contribution in [2.24, 2.45) is 0 Å². The summed E-state index contributed by atoms with van der Waals surface area (Å²) < 4.78 is 40.2. The van der Waals surface area contributed by atoms with Crippen LogP contribution in [0.1, 0.15) is 20.8 Å². The smallest absolute Gasteiger partial charge is 0.571 e. The minimum absolute atomic E-state index is 0.374. The number of carbonyl (C=O) groups excluding carboxylic acids is 3. The van der Waals surface area contributed by atoms with E-state index < -0.39 is 56.8 Å². The van der Waals surface area contributed by atoms with Gasteiger partial charge in [-0.2, -0.15) is 16.3 Å². The van der Waals surface area contributed by atoms with Crippen LogP contribution in [-0.2, 0) is 51.8 Å².